The number of hydrogen-bond acceptors (Lipinski definition) is 3. The van der Waals surface area contributed by atoms with E-state index in [9.17, 15) is 9.50 Å². The number of aromatic hydroxyl groups is 1. The number of ether oxygens (including phenoxy) is 1. The molecule has 0 bridgehead atoms. The lowest BCUT2D eigenvalue weighted by Crippen LogP contribution is -1.97. The zero-order chi connectivity index (χ0) is 10.7. The molecule has 5 heteroatoms. The van der Waals surface area contributed by atoms with E-state index < -0.39 is 11.6 Å². The summed E-state index contributed by atoms with van der Waals surface area (Å²) in [5, 5.41) is 18.1. The molecule has 0 atom stereocenters. The molecule has 0 fully saturated rings. The smallest absolute Gasteiger partial charge is 0.208 e. The maximum Gasteiger partial charge on any atom is 0.208 e. The molecule has 0 aliphatic heterocycles. The minimum atomic E-state index is -0.900. The molecule has 0 heterocycles. The van der Waals surface area contributed by atoms with Crippen LogP contribution >= 0.6 is 11.6 Å². The van der Waals surface area contributed by atoms with Crippen molar-refractivity contribution in [1.82, 2.24) is 0 Å². The summed E-state index contributed by atoms with van der Waals surface area (Å²) in [6.07, 6.45) is 0.145. The highest BCUT2D eigenvalue weighted by atomic mass is 35.5. The summed E-state index contributed by atoms with van der Waals surface area (Å²) in [4.78, 5) is 0. The van der Waals surface area contributed by atoms with Crippen molar-refractivity contribution in [3.63, 3.8) is 0 Å². The van der Waals surface area contributed by atoms with Crippen molar-refractivity contribution in [1.29, 1.82) is 0 Å². The summed E-state index contributed by atoms with van der Waals surface area (Å²) in [7, 11) is 1.26. The summed E-state index contributed by atoms with van der Waals surface area (Å²) in [6.45, 7) is -0.185. The number of hydrogen-bond donors (Lipinski definition) is 2. The quantitative estimate of drug-likeness (QED) is 0.816. The van der Waals surface area contributed by atoms with Gasteiger partial charge < -0.3 is 14.9 Å². The second-order valence-electron chi connectivity index (χ2n) is 2.69. The number of aliphatic hydroxyl groups is 1. The minimum Gasteiger partial charge on any atom is -0.505 e. The number of phenols is 1. The second-order valence-corrected chi connectivity index (χ2v) is 3.09. The Morgan fingerprint density at radius 1 is 1.57 bits per heavy atom. The molecule has 1 rings (SSSR count). The first-order chi connectivity index (χ1) is 6.61. The monoisotopic (exact) mass is 220 g/mol. The van der Waals surface area contributed by atoms with E-state index in [1.165, 1.54) is 13.2 Å². The summed E-state index contributed by atoms with van der Waals surface area (Å²) in [6, 6.07) is 1.37. The maximum atomic E-state index is 13.3. The molecule has 0 saturated carbocycles. The second kappa shape index (κ2) is 4.48. The average molecular weight is 221 g/mol. The maximum absolute atomic E-state index is 13.3. The van der Waals surface area contributed by atoms with Crippen molar-refractivity contribution in [3.8, 4) is 11.5 Å². The lowest BCUT2D eigenvalue weighted by molar-refractivity contribution is 0.295. The first kappa shape index (κ1) is 11.1. The number of halogens is 2. The topological polar surface area (TPSA) is 49.7 Å². The van der Waals surface area contributed by atoms with E-state index in [0.717, 1.165) is 0 Å². The third kappa shape index (κ3) is 1.91. The minimum absolute atomic E-state index is 0.0752. The highest BCUT2D eigenvalue weighted by molar-refractivity contribution is 6.32. The summed E-state index contributed by atoms with van der Waals surface area (Å²) >= 11 is 5.68. The molecule has 3 nitrogen and oxygen atoms in total. The van der Waals surface area contributed by atoms with Crippen LogP contribution in [0.4, 0.5) is 4.39 Å². The zero-order valence-electron chi connectivity index (χ0n) is 7.55. The van der Waals surface area contributed by atoms with Crippen LogP contribution in [0, 0.1) is 5.82 Å². The molecule has 0 spiro atoms. The van der Waals surface area contributed by atoms with E-state index >= 15 is 0 Å². The van der Waals surface area contributed by atoms with Crippen LogP contribution in [0.3, 0.4) is 0 Å². The van der Waals surface area contributed by atoms with Crippen molar-refractivity contribution in [2.24, 2.45) is 0 Å². The largest absolute Gasteiger partial charge is 0.505 e. The van der Waals surface area contributed by atoms with E-state index in [2.05, 4.69) is 4.74 Å². The van der Waals surface area contributed by atoms with Crippen LogP contribution in [-0.4, -0.2) is 23.9 Å². The molecule has 14 heavy (non-hydrogen) atoms. The zero-order valence-corrected chi connectivity index (χ0v) is 8.31. The lowest BCUT2D eigenvalue weighted by Gasteiger charge is -2.09. The fraction of sp³-hybridized carbons (Fsp3) is 0.333. The molecule has 0 aromatic heterocycles. The van der Waals surface area contributed by atoms with Gasteiger partial charge in [0.15, 0.2) is 11.5 Å². The van der Waals surface area contributed by atoms with Crippen LogP contribution in [0.2, 0.25) is 5.02 Å². The van der Waals surface area contributed by atoms with Gasteiger partial charge in [0.1, 0.15) is 0 Å². The van der Waals surface area contributed by atoms with Crippen molar-refractivity contribution in [3.05, 3.63) is 22.5 Å². The molecule has 78 valence electrons. The first-order valence-corrected chi connectivity index (χ1v) is 4.34. The number of aliphatic hydroxyl groups excluding tert-OH is 1. The molecule has 0 radical (unpaired) electrons. The van der Waals surface area contributed by atoms with Gasteiger partial charge in [0, 0.05) is 12.2 Å². The Bertz CT molecular complexity index is 341. The van der Waals surface area contributed by atoms with E-state index in [0.29, 0.717) is 0 Å². The Labute approximate surface area is 85.7 Å². The fourth-order valence-corrected chi connectivity index (χ4v) is 1.43. The van der Waals surface area contributed by atoms with Crippen LogP contribution < -0.4 is 4.74 Å². The Hall–Kier alpha value is -1.00. The third-order valence-corrected chi connectivity index (χ3v) is 2.10. The van der Waals surface area contributed by atoms with E-state index in [1.54, 1.807) is 0 Å². The summed E-state index contributed by atoms with van der Waals surface area (Å²) in [5.41, 5.74) is 0.260. The molecular formula is C9H10ClFO3. The van der Waals surface area contributed by atoms with Gasteiger partial charge in [-0.3, -0.25) is 0 Å². The van der Waals surface area contributed by atoms with Gasteiger partial charge in [-0.2, -0.15) is 4.39 Å². The highest BCUT2D eigenvalue weighted by Crippen LogP contribution is 2.36. The third-order valence-electron chi connectivity index (χ3n) is 1.81. The van der Waals surface area contributed by atoms with Crippen LogP contribution in [0.25, 0.3) is 0 Å². The average Bonchev–Trinajstić information content (AvgIpc) is 2.15. The Kier molecular flexibility index (Phi) is 3.55. The van der Waals surface area contributed by atoms with Gasteiger partial charge in [-0.1, -0.05) is 11.6 Å². The van der Waals surface area contributed by atoms with E-state index in [-0.39, 0.29) is 29.4 Å². The van der Waals surface area contributed by atoms with Crippen LogP contribution in [0.1, 0.15) is 5.56 Å². The number of benzene rings is 1. The molecule has 0 amide bonds. The van der Waals surface area contributed by atoms with E-state index in [1.807, 2.05) is 0 Å². The summed E-state index contributed by atoms with van der Waals surface area (Å²) < 4.78 is 18.0. The molecule has 1 aromatic carbocycles. The van der Waals surface area contributed by atoms with Crippen molar-refractivity contribution in [2.75, 3.05) is 13.7 Å². The predicted molar refractivity (Wildman–Crippen MR) is 50.4 cm³/mol. The van der Waals surface area contributed by atoms with Crippen molar-refractivity contribution in [2.45, 2.75) is 6.42 Å². The highest BCUT2D eigenvalue weighted by Gasteiger charge is 2.16. The van der Waals surface area contributed by atoms with Gasteiger partial charge in [0.2, 0.25) is 5.82 Å². The fourth-order valence-electron chi connectivity index (χ4n) is 1.14. The Morgan fingerprint density at radius 2 is 2.21 bits per heavy atom. The molecular weight excluding hydrogens is 211 g/mol. The number of methoxy groups -OCH3 is 1. The molecule has 1 aromatic rings. The van der Waals surface area contributed by atoms with Crippen LogP contribution in [-0.2, 0) is 6.42 Å². The van der Waals surface area contributed by atoms with Gasteiger partial charge >= 0.3 is 0 Å². The van der Waals surface area contributed by atoms with Gasteiger partial charge in [0.05, 0.1) is 12.1 Å². The Balaban J connectivity index is 3.25. The van der Waals surface area contributed by atoms with Crippen LogP contribution in [0.5, 0.6) is 11.5 Å². The molecule has 2 N–H and O–H groups in total. The SMILES string of the molecule is COc1c(Cl)cc(CCO)c(O)c1F. The predicted octanol–water partition coefficient (Wildman–Crippen LogP) is 1.73. The molecule has 0 saturated heterocycles. The van der Waals surface area contributed by atoms with Gasteiger partial charge in [-0.25, -0.2) is 0 Å². The van der Waals surface area contributed by atoms with Gasteiger partial charge in [-0.15, -0.1) is 0 Å². The van der Waals surface area contributed by atoms with Crippen LogP contribution in [0.15, 0.2) is 6.07 Å². The Morgan fingerprint density at radius 3 is 2.71 bits per heavy atom. The normalized spacial score (nSPS) is 10.3. The summed E-state index contributed by atoms with van der Waals surface area (Å²) in [5.74, 6) is -1.62. The van der Waals surface area contributed by atoms with Gasteiger partial charge in [0.25, 0.3) is 0 Å². The first-order valence-electron chi connectivity index (χ1n) is 3.96. The van der Waals surface area contributed by atoms with E-state index in [4.69, 9.17) is 16.7 Å². The van der Waals surface area contributed by atoms with Crippen molar-refractivity contribution < 1.29 is 19.3 Å². The number of phenolic OH excluding ortho intramolecular Hbond substituents is 1. The van der Waals surface area contributed by atoms with Gasteiger partial charge in [-0.05, 0) is 12.5 Å². The van der Waals surface area contributed by atoms with Crippen molar-refractivity contribution >= 4 is 11.6 Å². The number of rotatable bonds is 3. The lowest BCUT2D eigenvalue weighted by atomic mass is 10.1. The molecule has 0 aliphatic rings. The standard InChI is InChI=1S/C9H10ClFO3/c1-14-9-6(10)4-5(2-3-12)8(13)7(9)11/h4,12-13H,2-3H2,1H3. The molecule has 0 aliphatic carbocycles. The molecule has 0 unspecified atom stereocenters.